The van der Waals surface area contributed by atoms with E-state index < -0.39 is 10.9 Å². The van der Waals surface area contributed by atoms with E-state index in [-0.39, 0.29) is 23.6 Å². The summed E-state index contributed by atoms with van der Waals surface area (Å²) in [7, 11) is 0. The van der Waals surface area contributed by atoms with Crippen molar-refractivity contribution in [3.63, 3.8) is 0 Å². The van der Waals surface area contributed by atoms with Crippen molar-refractivity contribution < 1.29 is 19.6 Å². The minimum atomic E-state index is -0.663. The topological polar surface area (TPSA) is 102 Å². The molecule has 1 heterocycles. The van der Waals surface area contributed by atoms with Crippen LogP contribution in [-0.2, 0) is 9.53 Å². The Morgan fingerprint density at radius 1 is 1.12 bits per heavy atom. The van der Waals surface area contributed by atoms with Gasteiger partial charge < -0.3 is 9.84 Å². The Morgan fingerprint density at radius 2 is 1.84 bits per heavy atom. The number of nitro benzene ring substituents is 1. The van der Waals surface area contributed by atoms with Gasteiger partial charge in [0.2, 0.25) is 0 Å². The quantitative estimate of drug-likeness (QED) is 0.296. The third kappa shape index (κ3) is 4.26. The fraction of sp³-hybridized carbons (Fsp3) is 0.0833. The molecular weight excluding hydrogens is 428 g/mol. The lowest BCUT2D eigenvalue weighted by molar-refractivity contribution is -0.384. The van der Waals surface area contributed by atoms with Crippen molar-refractivity contribution in [2.75, 3.05) is 6.61 Å². The van der Waals surface area contributed by atoms with E-state index in [4.69, 9.17) is 4.74 Å². The van der Waals surface area contributed by atoms with E-state index in [0.29, 0.717) is 21.2 Å². The van der Waals surface area contributed by atoms with E-state index in [1.165, 1.54) is 12.1 Å². The van der Waals surface area contributed by atoms with Crippen molar-refractivity contribution in [2.24, 2.45) is 4.99 Å². The van der Waals surface area contributed by atoms with Crippen LogP contribution in [0.3, 0.4) is 0 Å². The molecule has 0 saturated carbocycles. The zero-order valence-corrected chi connectivity index (χ0v) is 17.8. The van der Waals surface area contributed by atoms with Crippen molar-refractivity contribution in [1.82, 2.24) is 0 Å². The van der Waals surface area contributed by atoms with Gasteiger partial charge in [0, 0.05) is 17.5 Å². The molecular formula is C24H18N2O5S. The average molecular weight is 446 g/mol. The summed E-state index contributed by atoms with van der Waals surface area (Å²) in [4.78, 5) is 28.1. The molecule has 0 unspecified atom stereocenters. The number of nitro groups is 1. The summed E-state index contributed by atoms with van der Waals surface area (Å²) in [5.74, 6) is -0.894. The number of benzene rings is 3. The van der Waals surface area contributed by atoms with Gasteiger partial charge in [-0.3, -0.25) is 10.1 Å². The number of carbonyl (C=O) groups excluding carboxylic acids is 1. The van der Waals surface area contributed by atoms with Gasteiger partial charge in [-0.1, -0.05) is 48.2 Å². The van der Waals surface area contributed by atoms with Crippen LogP contribution in [0, 0.1) is 10.1 Å². The van der Waals surface area contributed by atoms with E-state index in [0.717, 1.165) is 22.5 Å². The van der Waals surface area contributed by atoms with Crippen LogP contribution in [-0.4, -0.2) is 27.6 Å². The SMILES string of the molecule is CCOC(=O)C1=C(O)/C(=C/c2ccc([N+](=O)[O-])cc2)SC1=Nc1cccc2ccccc12. The number of ether oxygens (including phenoxy) is 1. The minimum Gasteiger partial charge on any atom is -0.506 e. The van der Waals surface area contributed by atoms with Crippen molar-refractivity contribution in [1.29, 1.82) is 0 Å². The fourth-order valence-electron chi connectivity index (χ4n) is 3.25. The molecule has 0 amide bonds. The van der Waals surface area contributed by atoms with Crippen LogP contribution in [0.4, 0.5) is 11.4 Å². The first-order chi connectivity index (χ1) is 15.5. The first-order valence-electron chi connectivity index (χ1n) is 9.79. The zero-order valence-electron chi connectivity index (χ0n) is 17.0. The molecule has 0 aliphatic carbocycles. The Bertz CT molecular complexity index is 1300. The number of aliphatic hydroxyl groups is 1. The minimum absolute atomic E-state index is 0.00190. The molecule has 0 fully saturated rings. The monoisotopic (exact) mass is 446 g/mol. The number of aliphatic imine (C=N–C) groups is 1. The highest BCUT2D eigenvalue weighted by Crippen LogP contribution is 2.41. The molecule has 32 heavy (non-hydrogen) atoms. The second-order valence-corrected chi connectivity index (χ2v) is 7.85. The fourth-order valence-corrected chi connectivity index (χ4v) is 4.28. The van der Waals surface area contributed by atoms with Crippen LogP contribution in [0.1, 0.15) is 12.5 Å². The van der Waals surface area contributed by atoms with Gasteiger partial charge >= 0.3 is 5.97 Å². The third-order valence-electron chi connectivity index (χ3n) is 4.76. The maximum atomic E-state index is 12.6. The summed E-state index contributed by atoms with van der Waals surface area (Å²) in [6.45, 7) is 1.84. The molecule has 3 aromatic carbocycles. The maximum absolute atomic E-state index is 12.6. The standard InChI is InChI=1S/C24H18N2O5S/c1-2-31-24(28)21-22(27)20(14-15-10-12-17(13-11-15)26(29)30)32-23(21)25-19-9-5-7-16-6-3-4-8-18(16)19/h3-14,27H,2H2,1H3/b20-14-,25-23?. The van der Waals surface area contributed by atoms with Gasteiger partial charge in [-0.15, -0.1) is 0 Å². The lowest BCUT2D eigenvalue weighted by Gasteiger charge is -2.05. The lowest BCUT2D eigenvalue weighted by atomic mass is 10.1. The Kier molecular flexibility index (Phi) is 6.04. The van der Waals surface area contributed by atoms with Crippen LogP contribution in [0.2, 0.25) is 0 Å². The van der Waals surface area contributed by atoms with Gasteiger partial charge in [-0.25, -0.2) is 9.79 Å². The molecule has 1 N–H and O–H groups in total. The molecule has 1 aliphatic heterocycles. The number of non-ortho nitro benzene ring substituents is 1. The Balaban J connectivity index is 1.78. The van der Waals surface area contributed by atoms with Crippen LogP contribution in [0.5, 0.6) is 0 Å². The predicted octanol–water partition coefficient (Wildman–Crippen LogP) is 5.94. The predicted molar refractivity (Wildman–Crippen MR) is 126 cm³/mol. The van der Waals surface area contributed by atoms with Gasteiger partial charge in [-0.05, 0) is 42.1 Å². The number of hydrogen-bond donors (Lipinski definition) is 1. The number of hydrogen-bond acceptors (Lipinski definition) is 7. The normalized spacial score (nSPS) is 16.2. The molecule has 1 aliphatic rings. The van der Waals surface area contributed by atoms with Crippen molar-refractivity contribution in [3.05, 3.63) is 98.6 Å². The van der Waals surface area contributed by atoms with Crippen LogP contribution in [0.15, 0.2) is 88.0 Å². The first kappa shape index (κ1) is 21.3. The number of aliphatic hydroxyl groups excluding tert-OH is 1. The number of esters is 1. The number of rotatable bonds is 5. The van der Waals surface area contributed by atoms with Crippen molar-refractivity contribution >= 4 is 51.0 Å². The van der Waals surface area contributed by atoms with Crippen LogP contribution < -0.4 is 0 Å². The molecule has 3 aromatic rings. The molecule has 0 bridgehead atoms. The largest absolute Gasteiger partial charge is 0.506 e. The van der Waals surface area contributed by atoms with Gasteiger partial charge in [0.15, 0.2) is 0 Å². The highest BCUT2D eigenvalue weighted by Gasteiger charge is 2.33. The van der Waals surface area contributed by atoms with Crippen molar-refractivity contribution in [2.45, 2.75) is 6.92 Å². The second-order valence-electron chi connectivity index (χ2n) is 6.82. The van der Waals surface area contributed by atoms with Gasteiger partial charge in [0.25, 0.3) is 5.69 Å². The summed E-state index contributed by atoms with van der Waals surface area (Å²) in [6.07, 6.45) is 1.65. The van der Waals surface area contributed by atoms with E-state index in [1.54, 1.807) is 25.1 Å². The van der Waals surface area contributed by atoms with Crippen LogP contribution in [0.25, 0.3) is 16.8 Å². The first-order valence-corrected chi connectivity index (χ1v) is 10.6. The Morgan fingerprint density at radius 3 is 2.56 bits per heavy atom. The van der Waals surface area contributed by atoms with Crippen LogP contribution >= 0.6 is 11.8 Å². The van der Waals surface area contributed by atoms with Crippen molar-refractivity contribution in [3.8, 4) is 0 Å². The maximum Gasteiger partial charge on any atom is 0.344 e. The van der Waals surface area contributed by atoms with Gasteiger partial charge in [-0.2, -0.15) is 0 Å². The molecule has 0 saturated heterocycles. The smallest absolute Gasteiger partial charge is 0.344 e. The molecule has 160 valence electrons. The number of thioether (sulfide) groups is 1. The molecule has 0 radical (unpaired) electrons. The van der Waals surface area contributed by atoms with E-state index in [2.05, 4.69) is 4.99 Å². The van der Waals surface area contributed by atoms with E-state index in [1.807, 2.05) is 42.5 Å². The Labute approximate surface area is 187 Å². The van der Waals surface area contributed by atoms with E-state index in [9.17, 15) is 20.0 Å². The number of fused-ring (bicyclic) bond motifs is 1. The Hall–Kier alpha value is -3.91. The second kappa shape index (κ2) is 9.07. The number of carbonyl (C=O) groups is 1. The third-order valence-corrected chi connectivity index (χ3v) is 5.78. The lowest BCUT2D eigenvalue weighted by Crippen LogP contribution is -2.12. The van der Waals surface area contributed by atoms with Gasteiger partial charge in [0.05, 0.1) is 22.1 Å². The summed E-state index contributed by atoms with van der Waals surface area (Å²) in [5, 5.41) is 23.9. The number of nitrogens with zero attached hydrogens (tertiary/aromatic N) is 2. The highest BCUT2D eigenvalue weighted by molar-refractivity contribution is 8.18. The summed E-state index contributed by atoms with van der Waals surface area (Å²) < 4.78 is 5.14. The highest BCUT2D eigenvalue weighted by atomic mass is 32.2. The van der Waals surface area contributed by atoms with E-state index >= 15 is 0 Å². The summed E-state index contributed by atoms with van der Waals surface area (Å²) >= 11 is 1.14. The average Bonchev–Trinajstić information content (AvgIpc) is 3.09. The molecule has 0 aromatic heterocycles. The zero-order chi connectivity index (χ0) is 22.7. The molecule has 0 atom stereocenters. The molecule has 4 rings (SSSR count). The van der Waals surface area contributed by atoms with Gasteiger partial charge in [0.1, 0.15) is 16.4 Å². The molecule has 0 spiro atoms. The summed E-state index contributed by atoms with van der Waals surface area (Å²) in [6, 6.07) is 19.4. The molecule has 8 heteroatoms. The molecule has 7 nitrogen and oxygen atoms in total. The summed E-state index contributed by atoms with van der Waals surface area (Å²) in [5.41, 5.74) is 1.27.